The van der Waals surface area contributed by atoms with E-state index in [4.69, 9.17) is 14.9 Å². The van der Waals surface area contributed by atoms with Crippen LogP contribution in [0.25, 0.3) is 10.8 Å². The van der Waals surface area contributed by atoms with Crippen molar-refractivity contribution in [2.24, 2.45) is 0 Å². The third-order valence-electron chi connectivity index (χ3n) is 6.27. The molecule has 0 radical (unpaired) electrons. The van der Waals surface area contributed by atoms with Gasteiger partial charge in [-0.3, -0.25) is 24.1 Å². The first kappa shape index (κ1) is 22.9. The van der Waals surface area contributed by atoms with Crippen LogP contribution in [0, 0.1) is 0 Å². The summed E-state index contributed by atoms with van der Waals surface area (Å²) in [6.45, 7) is 0.0166. The zero-order valence-corrected chi connectivity index (χ0v) is 18.7. The van der Waals surface area contributed by atoms with E-state index in [2.05, 4.69) is 0 Å². The van der Waals surface area contributed by atoms with Gasteiger partial charge in [-0.1, -0.05) is 12.1 Å². The maximum Gasteiger partial charge on any atom is 0.265 e. The van der Waals surface area contributed by atoms with Crippen LogP contribution in [0.1, 0.15) is 47.0 Å². The number of hydrogen-bond donors (Lipinski definition) is 2. The molecule has 9 heteroatoms. The van der Waals surface area contributed by atoms with Crippen molar-refractivity contribution in [1.29, 1.82) is 0 Å². The summed E-state index contributed by atoms with van der Waals surface area (Å²) in [4.78, 5) is 55.3. The summed E-state index contributed by atoms with van der Waals surface area (Å²) < 4.78 is 5.21. The second-order valence-corrected chi connectivity index (χ2v) is 8.26. The van der Waals surface area contributed by atoms with E-state index in [1.807, 2.05) is 0 Å². The van der Waals surface area contributed by atoms with Crippen molar-refractivity contribution in [1.82, 2.24) is 4.90 Å². The Morgan fingerprint density at radius 1 is 0.629 bits per heavy atom. The van der Waals surface area contributed by atoms with Crippen molar-refractivity contribution < 1.29 is 34.1 Å². The summed E-state index contributed by atoms with van der Waals surface area (Å²) in [5.74, 6) is -2.14. The Bertz CT molecular complexity index is 1310. The Balaban J connectivity index is 1.56. The second kappa shape index (κ2) is 9.03. The van der Waals surface area contributed by atoms with Crippen LogP contribution in [0.15, 0.2) is 48.5 Å². The number of carbonyl (C=O) groups excluding carboxylic acids is 4. The Labute approximate surface area is 200 Å². The highest BCUT2D eigenvalue weighted by atomic mass is 16.5. The van der Waals surface area contributed by atoms with Crippen molar-refractivity contribution in [3.05, 3.63) is 76.3 Å². The lowest BCUT2D eigenvalue weighted by Gasteiger charge is -2.32. The van der Waals surface area contributed by atoms with E-state index in [9.17, 15) is 19.2 Å². The quantitative estimate of drug-likeness (QED) is 0.377. The first-order chi connectivity index (χ1) is 17.0. The van der Waals surface area contributed by atoms with Crippen LogP contribution < -0.4 is 4.90 Å². The van der Waals surface area contributed by atoms with Gasteiger partial charge in [-0.05, 0) is 48.4 Å². The highest BCUT2D eigenvalue weighted by molar-refractivity contribution is 6.39. The van der Waals surface area contributed by atoms with Crippen molar-refractivity contribution in [3.63, 3.8) is 0 Å². The zero-order valence-electron chi connectivity index (χ0n) is 18.7. The monoisotopic (exact) mass is 474 g/mol. The van der Waals surface area contributed by atoms with E-state index in [-0.39, 0.29) is 55.2 Å². The van der Waals surface area contributed by atoms with Crippen LogP contribution in [0.5, 0.6) is 0 Å². The molecule has 9 nitrogen and oxygen atoms in total. The first-order valence-corrected chi connectivity index (χ1v) is 11.2. The molecule has 3 aromatic rings. The largest absolute Gasteiger partial charge is 0.396 e. The van der Waals surface area contributed by atoms with Gasteiger partial charge in [0.25, 0.3) is 23.6 Å². The third-order valence-corrected chi connectivity index (χ3v) is 6.27. The third kappa shape index (κ3) is 3.61. The number of imide groups is 2. The molecule has 4 amide bonds. The molecule has 0 aliphatic carbocycles. The standard InChI is InChI=1S/C26H22N2O7/c29-11-9-15-1-3-16(4-2-15)28-25(33)19-7-5-17-21-18(6-8-20(22(19)21)26(28)34)24(32)27(23(17)31)10-13-35-14-12-30/h1-8,29-30H,9-14H2. The van der Waals surface area contributed by atoms with E-state index in [0.29, 0.717) is 22.9 Å². The van der Waals surface area contributed by atoms with Crippen LogP contribution in [0.2, 0.25) is 0 Å². The molecule has 3 aromatic carbocycles. The molecule has 0 aromatic heterocycles. The van der Waals surface area contributed by atoms with Gasteiger partial charge >= 0.3 is 0 Å². The lowest BCUT2D eigenvalue weighted by molar-refractivity contribution is 0.0477. The molecule has 0 unspecified atom stereocenters. The Morgan fingerprint density at radius 3 is 1.63 bits per heavy atom. The smallest absolute Gasteiger partial charge is 0.265 e. The minimum atomic E-state index is -0.541. The number of rotatable bonds is 8. The van der Waals surface area contributed by atoms with Gasteiger partial charge in [-0.2, -0.15) is 0 Å². The lowest BCUT2D eigenvalue weighted by atomic mass is 9.86. The molecular formula is C26H22N2O7. The highest BCUT2D eigenvalue weighted by Gasteiger charge is 2.40. The second-order valence-electron chi connectivity index (χ2n) is 8.26. The maximum absolute atomic E-state index is 13.4. The number of ether oxygens (including phenoxy) is 1. The minimum absolute atomic E-state index is 0.00842. The van der Waals surface area contributed by atoms with E-state index >= 15 is 0 Å². The summed E-state index contributed by atoms with van der Waals surface area (Å²) in [5.41, 5.74) is 2.21. The molecule has 0 spiro atoms. The molecule has 35 heavy (non-hydrogen) atoms. The number of amides is 4. The van der Waals surface area contributed by atoms with E-state index < -0.39 is 23.6 Å². The first-order valence-electron chi connectivity index (χ1n) is 11.2. The molecular weight excluding hydrogens is 452 g/mol. The minimum Gasteiger partial charge on any atom is -0.396 e. The number of aliphatic hydroxyl groups excluding tert-OH is 2. The fourth-order valence-corrected chi connectivity index (χ4v) is 4.63. The Morgan fingerprint density at radius 2 is 1.14 bits per heavy atom. The normalized spacial score (nSPS) is 14.9. The van der Waals surface area contributed by atoms with E-state index in [1.165, 1.54) is 24.3 Å². The molecule has 2 N–H and O–H groups in total. The molecule has 5 rings (SSSR count). The number of aliphatic hydroxyl groups is 2. The van der Waals surface area contributed by atoms with Gasteiger partial charge in [0, 0.05) is 39.6 Å². The predicted molar refractivity (Wildman–Crippen MR) is 126 cm³/mol. The fraction of sp³-hybridized carbons (Fsp3) is 0.231. The Hall–Kier alpha value is -3.92. The van der Waals surface area contributed by atoms with Crippen LogP contribution in [0.3, 0.4) is 0 Å². The average Bonchev–Trinajstić information content (AvgIpc) is 2.86. The summed E-state index contributed by atoms with van der Waals surface area (Å²) in [6.07, 6.45) is 0.461. The van der Waals surface area contributed by atoms with Gasteiger partial charge < -0.3 is 14.9 Å². The molecule has 0 saturated heterocycles. The molecule has 0 bridgehead atoms. The van der Waals surface area contributed by atoms with Crippen LogP contribution in [-0.4, -0.2) is 71.7 Å². The fourth-order valence-electron chi connectivity index (χ4n) is 4.63. The van der Waals surface area contributed by atoms with Gasteiger partial charge in [-0.25, -0.2) is 4.90 Å². The highest BCUT2D eigenvalue weighted by Crippen LogP contribution is 2.39. The number of carbonyl (C=O) groups is 4. The summed E-state index contributed by atoms with van der Waals surface area (Å²) >= 11 is 0. The average molecular weight is 474 g/mol. The summed E-state index contributed by atoms with van der Waals surface area (Å²) in [6, 6.07) is 12.9. The topological polar surface area (TPSA) is 124 Å². The molecule has 0 fully saturated rings. The number of anilines is 1. The molecule has 0 saturated carbocycles. The molecule has 2 aliphatic rings. The summed E-state index contributed by atoms with van der Waals surface area (Å²) in [5, 5.41) is 18.6. The molecule has 2 aliphatic heterocycles. The number of nitrogens with zero attached hydrogens (tertiary/aromatic N) is 2. The lowest BCUT2D eigenvalue weighted by Crippen LogP contribution is -2.44. The van der Waals surface area contributed by atoms with Crippen molar-refractivity contribution in [2.45, 2.75) is 6.42 Å². The van der Waals surface area contributed by atoms with Gasteiger partial charge in [0.2, 0.25) is 0 Å². The van der Waals surface area contributed by atoms with Gasteiger partial charge in [0.1, 0.15) is 0 Å². The molecule has 178 valence electrons. The van der Waals surface area contributed by atoms with Crippen molar-refractivity contribution in [2.75, 3.05) is 37.9 Å². The number of benzene rings is 3. The van der Waals surface area contributed by atoms with Gasteiger partial charge in [0.15, 0.2) is 0 Å². The van der Waals surface area contributed by atoms with Crippen molar-refractivity contribution in [3.8, 4) is 0 Å². The van der Waals surface area contributed by atoms with Gasteiger partial charge in [-0.15, -0.1) is 0 Å². The zero-order chi connectivity index (χ0) is 24.7. The van der Waals surface area contributed by atoms with Crippen LogP contribution in [0.4, 0.5) is 5.69 Å². The molecule has 2 heterocycles. The summed E-state index contributed by atoms with van der Waals surface area (Å²) in [7, 11) is 0. The van der Waals surface area contributed by atoms with Crippen molar-refractivity contribution >= 4 is 40.1 Å². The van der Waals surface area contributed by atoms with E-state index in [1.54, 1.807) is 24.3 Å². The van der Waals surface area contributed by atoms with Crippen LogP contribution in [-0.2, 0) is 11.2 Å². The SMILES string of the molecule is O=C1c2ccc3c4c(ccc(c24)C(=O)N1CCOCCO)C(=O)N(c1ccc(CCO)cc1)C3=O. The Kier molecular flexibility index (Phi) is 5.89. The number of hydrogen-bond acceptors (Lipinski definition) is 7. The van der Waals surface area contributed by atoms with Crippen LogP contribution >= 0.6 is 0 Å². The maximum atomic E-state index is 13.4. The predicted octanol–water partition coefficient (Wildman–Crippen LogP) is 1.78. The molecule has 0 atom stereocenters. The van der Waals surface area contributed by atoms with E-state index in [0.717, 1.165) is 15.4 Å². The van der Waals surface area contributed by atoms with Gasteiger partial charge in [0.05, 0.1) is 32.1 Å².